The summed E-state index contributed by atoms with van der Waals surface area (Å²) in [6.45, 7) is 12.0. The molecule has 0 radical (unpaired) electrons. The van der Waals surface area contributed by atoms with Gasteiger partial charge in [0, 0.05) is 0 Å². The van der Waals surface area contributed by atoms with E-state index in [1.807, 2.05) is 12.1 Å². The van der Waals surface area contributed by atoms with Gasteiger partial charge in [0.2, 0.25) is 0 Å². The summed E-state index contributed by atoms with van der Waals surface area (Å²) in [4.78, 5) is 88.0. The molecule has 0 spiro atoms. The van der Waals surface area contributed by atoms with Gasteiger partial charge >= 0.3 is 113 Å². The smallest absolute Gasteiger partial charge is 0.545 e. The van der Waals surface area contributed by atoms with Crippen molar-refractivity contribution in [2.45, 2.75) is 20.8 Å². The second kappa shape index (κ2) is 31.3. The average molecular weight is 1250 g/mol. The van der Waals surface area contributed by atoms with Gasteiger partial charge in [0.05, 0.1) is 95.1 Å². The predicted molar refractivity (Wildman–Crippen MR) is 284 cm³/mol. The van der Waals surface area contributed by atoms with Gasteiger partial charge in [-0.2, -0.15) is 70.1 Å². The summed E-state index contributed by atoms with van der Waals surface area (Å²) in [7, 11) is 0. The Morgan fingerprint density at radius 3 is 0.917 bits per heavy atom. The quantitative estimate of drug-likeness (QED) is 0.0408. The van der Waals surface area contributed by atoms with E-state index in [-0.39, 0.29) is 216 Å². The zero-order valence-corrected chi connectivity index (χ0v) is 51.3. The summed E-state index contributed by atoms with van der Waals surface area (Å²) in [6.07, 6.45) is 3.10. The number of carbonyl (C=O) groups excluding carboxylic acids is 6. The number of aromatic carboxylic acids is 6. The first kappa shape index (κ1) is 77.5. The van der Waals surface area contributed by atoms with E-state index in [0.717, 1.165) is 101 Å². The Kier molecular flexibility index (Phi) is 25.2. The number of aryl methyl sites for hydroxylation is 3. The molecule has 444 valence electrons. The van der Waals surface area contributed by atoms with Crippen LogP contribution in [0.3, 0.4) is 0 Å². The minimum absolute atomic E-state index is 0. The van der Waals surface area contributed by atoms with Crippen molar-refractivity contribution in [3.63, 3.8) is 0 Å². The Hall–Kier alpha value is -11.0. The number of hydrogen-bond acceptors (Lipinski definition) is 32. The Balaban J connectivity index is 0.00000327. The van der Waals surface area contributed by atoms with Crippen molar-refractivity contribution in [1.29, 1.82) is 10.5 Å². The third-order valence-electron chi connectivity index (χ3n) is 12.6. The molecule has 0 bridgehead atoms. The van der Waals surface area contributed by atoms with Gasteiger partial charge in [-0.15, -0.1) is 30.7 Å². The van der Waals surface area contributed by atoms with Gasteiger partial charge in [-0.05, 0) is 109 Å². The number of rotatable bonds is 18. The molecule has 7 aromatic heterocycles. The van der Waals surface area contributed by atoms with Gasteiger partial charge < -0.3 is 76.6 Å². The Bertz CT molecular complexity index is 4450. The maximum absolute atomic E-state index is 11.8. The van der Waals surface area contributed by atoms with Crippen LogP contribution in [0.4, 0.5) is 57.7 Å². The van der Waals surface area contributed by atoms with Crippen LogP contribution in [0.1, 0.15) is 90.4 Å². The fourth-order valence-corrected chi connectivity index (χ4v) is 8.37. The van der Waals surface area contributed by atoms with E-state index < -0.39 is 87.0 Å². The molecule has 39 nitrogen and oxygen atoms in total. The van der Waals surface area contributed by atoms with Crippen LogP contribution in [-0.4, -0.2) is 109 Å². The largest absolute Gasteiger partial charge is 1.00 e. The van der Waals surface area contributed by atoms with Gasteiger partial charge in [0.25, 0.3) is 23.5 Å². The van der Waals surface area contributed by atoms with Gasteiger partial charge in [-0.3, -0.25) is 0 Å². The van der Waals surface area contributed by atoms with Gasteiger partial charge in [-0.1, -0.05) is 0 Å². The number of azo groups is 3. The number of anilines is 3. The monoisotopic (exact) mass is 1250 g/mol. The molecule has 0 amide bonds. The molecule has 0 saturated carbocycles. The normalized spacial score (nSPS) is 10.6. The topological polar surface area (TPSA) is 591 Å². The summed E-state index contributed by atoms with van der Waals surface area (Å²) < 4.78 is 5.51. The van der Waals surface area contributed by atoms with Gasteiger partial charge in [-0.25, -0.2) is 18.9 Å². The summed E-state index contributed by atoms with van der Waals surface area (Å²) in [5, 5.41) is 142. The molecule has 0 atom stereocenters. The van der Waals surface area contributed by atoms with E-state index in [2.05, 4.69) is 81.1 Å². The van der Waals surface area contributed by atoms with E-state index in [4.69, 9.17) is 23.8 Å². The van der Waals surface area contributed by atoms with Crippen molar-refractivity contribution in [2.75, 3.05) is 17.2 Å². The van der Waals surface area contributed by atoms with Crippen LogP contribution in [0.25, 0.3) is 39.8 Å². The van der Waals surface area contributed by atoms with Crippen molar-refractivity contribution < 1.29 is 173 Å². The summed E-state index contributed by atoms with van der Waals surface area (Å²) >= 11 is 0. The van der Waals surface area contributed by atoms with Crippen LogP contribution in [0, 0.1) is 50.0 Å². The Morgan fingerprint density at radius 1 is 0.417 bits per heavy atom. The van der Waals surface area contributed by atoms with E-state index in [1.165, 1.54) is 20.8 Å². The zero-order chi connectivity index (χ0) is 64.7. The first-order valence-corrected chi connectivity index (χ1v) is 24.6. The molecule has 96 heavy (non-hydrogen) atoms. The third-order valence-corrected chi connectivity index (χ3v) is 12.6. The second-order valence-corrected chi connectivity index (χ2v) is 18.2. The molecule has 6 N–H and O–H groups in total. The average Bonchev–Trinajstić information content (AvgIpc) is 1.59. The zero-order valence-electron chi connectivity index (χ0n) is 51.3. The predicted octanol–water partition coefficient (Wildman–Crippen LogP) is -19.6. The number of hydrogen-bond donors (Lipinski definition) is 3. The number of nitriles is 2. The van der Waals surface area contributed by atoms with Crippen LogP contribution >= 0.6 is 0 Å². The molecule has 0 saturated heterocycles. The minimum Gasteiger partial charge on any atom is -0.545 e. The second-order valence-electron chi connectivity index (χ2n) is 18.2. The minimum atomic E-state index is -1.75. The van der Waals surface area contributed by atoms with Gasteiger partial charge in [0.1, 0.15) is 23.3 Å². The Morgan fingerprint density at radius 2 is 0.667 bits per heavy atom. The van der Waals surface area contributed by atoms with Gasteiger partial charge in [0.15, 0.2) is 52.0 Å². The first-order chi connectivity index (χ1) is 42.9. The van der Waals surface area contributed by atoms with E-state index >= 15 is 0 Å². The van der Waals surface area contributed by atoms with Crippen molar-refractivity contribution in [2.24, 2.45) is 30.7 Å². The number of nitrogens with two attached hydrogens (primary N) is 3. The molecule has 3 aromatic carbocycles. The number of aromatic nitrogens is 15. The molecule has 0 aliphatic heterocycles. The summed E-state index contributed by atoms with van der Waals surface area (Å²) in [6, 6.07) is 12.0. The van der Waals surface area contributed by atoms with E-state index in [0.29, 0.717) is 0 Å². The fraction of sp³-hybridized carbons (Fsp3) is 0.0588. The molecule has 0 aliphatic carbocycles. The molecule has 0 aliphatic rings. The first-order valence-electron chi connectivity index (χ1n) is 24.6. The molecule has 0 unspecified atom stereocenters. The number of nitrogen functional groups attached to an aromatic ring is 3. The number of benzene rings is 3. The summed E-state index contributed by atoms with van der Waals surface area (Å²) in [5.41, 5.74) is 14.6. The maximum Gasteiger partial charge on any atom is 1.00 e. The van der Waals surface area contributed by atoms with Crippen LogP contribution in [0.15, 0.2) is 104 Å². The molecular weight excluding hydrogens is 1220 g/mol. The fourth-order valence-electron chi connectivity index (χ4n) is 8.37. The van der Waals surface area contributed by atoms with E-state index in [1.54, 1.807) is 0 Å². The maximum atomic E-state index is 11.8. The van der Waals surface area contributed by atoms with Crippen molar-refractivity contribution in [1.82, 2.24) is 73.6 Å². The molecular formula is C51H27Li6N27O12. The van der Waals surface area contributed by atoms with E-state index in [9.17, 15) is 69.9 Å². The van der Waals surface area contributed by atoms with Crippen LogP contribution in [0.2, 0.25) is 0 Å². The van der Waals surface area contributed by atoms with Crippen LogP contribution in [-0.2, 0) is 0 Å². The number of carboxylic acids is 6. The number of carboxylic acid groups (broad SMARTS) is 6. The molecule has 10 rings (SSSR count). The third kappa shape index (κ3) is 15.0. The van der Waals surface area contributed by atoms with Crippen LogP contribution < -0.4 is 161 Å². The molecule has 0 fully saturated rings. The van der Waals surface area contributed by atoms with Crippen molar-refractivity contribution in [3.8, 4) is 47.0 Å². The number of carbonyl (C=O) groups is 6. The molecule has 10 aromatic rings. The van der Waals surface area contributed by atoms with Crippen molar-refractivity contribution in [3.05, 3.63) is 146 Å². The SMILES string of the molecule is [C-]#[N+]c1cnn(-c2cc(C(=O)[O-])cc(C(=O)[O-])c2)c1N=Nc1c(C)nn(-c2nc(-n3nc(C)c(N=Nc4c(C#N)cnn4-c4cc(C(=O)[O-])cc(C(=O)[O-])c4)c3N)nc(-n3nc(C)c(N=Nc4c(C#N)cnn4-c4cc(C(=O)[O-])cc(C(=O)[O-])c4)c3N)n2)c1N.[Li+].[Li+].[Li+].[Li+].[Li+].[Li+]. The standard InChI is InChI=1S/C51H33N27O12.6Li/c1-19-34(64-67-40-28(14-52)16-58-73(40)30-8-22(43(79)80)5-23(9-30)44(81)82)37(54)76(70-19)49-61-50(77-38(55)35(20(2)71-77)65-68-41-29(15-53)17-59-74(41)31-10-24(45(83)84)6-25(11-31)46(85)86)63-51(62-49)78-39(56)36(21(3)72-78)66-69-42-33(57-4)18-60-75(42)32-12-26(47(87)88)7-27(13-32)48(89)90;;;;;;/h5-13,16-18H,54-56H2,1-3H3,(H,79,80)(H,81,82)(H,83,84)(H,85,86)(H,87,88)(H,89,90);;;;;;/q;6*+1/p-6. The molecule has 45 heteroatoms. The summed E-state index contributed by atoms with van der Waals surface area (Å²) in [5.74, 6) is -14.1. The van der Waals surface area contributed by atoms with Crippen molar-refractivity contribution >= 4 is 93.5 Å². The van der Waals surface area contributed by atoms with Crippen LogP contribution in [0.5, 0.6) is 0 Å². The molecule has 7 heterocycles. The number of nitrogens with zero attached hydrogens (tertiary/aromatic N) is 24. The Labute approximate surface area is 607 Å².